The lowest BCUT2D eigenvalue weighted by atomic mass is 10.1. The first-order valence-corrected chi connectivity index (χ1v) is 7.22. The van der Waals surface area contributed by atoms with Gasteiger partial charge in [-0.05, 0) is 36.8 Å². The van der Waals surface area contributed by atoms with Crippen LogP contribution in [0.15, 0.2) is 42.5 Å². The Morgan fingerprint density at radius 3 is 2.00 bits per heavy atom. The summed E-state index contributed by atoms with van der Waals surface area (Å²) >= 11 is 0. The fraction of sp³-hybridized carbons (Fsp3) is 0.200. The van der Waals surface area contributed by atoms with Crippen LogP contribution in [0.25, 0.3) is 6.08 Å². The van der Waals surface area contributed by atoms with Crippen LogP contribution in [0.2, 0.25) is 0 Å². The van der Waals surface area contributed by atoms with E-state index in [9.17, 15) is 0 Å². The van der Waals surface area contributed by atoms with Crippen molar-refractivity contribution < 1.29 is 14.2 Å². The molecule has 0 N–H and O–H groups in total. The second-order valence-electron chi connectivity index (χ2n) is 4.93. The second-order valence-corrected chi connectivity index (χ2v) is 4.93. The zero-order valence-electron chi connectivity index (χ0n) is 13.8. The number of hydrogen-bond acceptors (Lipinski definition) is 3. The zero-order chi connectivity index (χ0) is 16.7. The van der Waals surface area contributed by atoms with Crippen molar-refractivity contribution in [3.63, 3.8) is 0 Å². The molecule has 2 rings (SSSR count). The lowest BCUT2D eigenvalue weighted by Gasteiger charge is -2.12. The average Bonchev–Trinajstić information content (AvgIpc) is 2.59. The van der Waals surface area contributed by atoms with E-state index in [2.05, 4.69) is 43.0 Å². The third kappa shape index (κ3) is 4.31. The van der Waals surface area contributed by atoms with Crippen LogP contribution in [0, 0.1) is 18.8 Å². The molecule has 3 heteroatoms. The molecule has 0 saturated carbocycles. The molecule has 0 saturated heterocycles. The van der Waals surface area contributed by atoms with Gasteiger partial charge < -0.3 is 14.2 Å². The average molecular weight is 308 g/mol. The van der Waals surface area contributed by atoms with Gasteiger partial charge in [-0.1, -0.05) is 41.7 Å². The van der Waals surface area contributed by atoms with Gasteiger partial charge in [0.1, 0.15) is 0 Å². The van der Waals surface area contributed by atoms with E-state index < -0.39 is 0 Å². The number of methoxy groups -OCH3 is 3. The fourth-order valence-electron chi connectivity index (χ4n) is 2.09. The molecule has 0 aromatic heterocycles. The first-order valence-electron chi connectivity index (χ1n) is 7.22. The van der Waals surface area contributed by atoms with E-state index in [1.54, 1.807) is 21.3 Å². The molecule has 0 heterocycles. The summed E-state index contributed by atoms with van der Waals surface area (Å²) in [5, 5.41) is 0. The Balaban J connectivity index is 2.22. The molecule has 0 spiro atoms. The highest BCUT2D eigenvalue weighted by molar-refractivity contribution is 5.59. The van der Waals surface area contributed by atoms with Crippen LogP contribution in [-0.2, 0) is 0 Å². The molecule has 0 bridgehead atoms. The van der Waals surface area contributed by atoms with Crippen molar-refractivity contribution in [3.8, 4) is 29.1 Å². The number of benzene rings is 2. The van der Waals surface area contributed by atoms with E-state index >= 15 is 0 Å². The number of rotatable bonds is 4. The van der Waals surface area contributed by atoms with Gasteiger partial charge in [0.15, 0.2) is 11.5 Å². The molecule has 0 unspecified atom stereocenters. The molecule has 0 atom stereocenters. The number of allylic oxidation sites excluding steroid dienone is 1. The maximum absolute atomic E-state index is 5.32. The fourth-order valence-corrected chi connectivity index (χ4v) is 2.09. The van der Waals surface area contributed by atoms with Crippen LogP contribution < -0.4 is 14.2 Å². The van der Waals surface area contributed by atoms with Crippen LogP contribution in [0.5, 0.6) is 17.2 Å². The van der Waals surface area contributed by atoms with Crippen LogP contribution in [0.4, 0.5) is 0 Å². The standard InChI is InChI=1S/C20H20O3/c1-15-9-11-16(12-10-15)7-5-6-8-17-13-18(21-2)20(23-4)19(14-17)22-3/h5,7,9-14H,1-4H3/b7-5-. The summed E-state index contributed by atoms with van der Waals surface area (Å²) in [5.41, 5.74) is 3.16. The minimum atomic E-state index is 0.566. The van der Waals surface area contributed by atoms with Crippen molar-refractivity contribution in [2.75, 3.05) is 21.3 Å². The van der Waals surface area contributed by atoms with Gasteiger partial charge in [-0.15, -0.1) is 0 Å². The summed E-state index contributed by atoms with van der Waals surface area (Å²) in [4.78, 5) is 0. The Bertz CT molecular complexity index is 722. The summed E-state index contributed by atoms with van der Waals surface area (Å²) in [5.74, 6) is 7.85. The van der Waals surface area contributed by atoms with E-state index in [-0.39, 0.29) is 0 Å². The molecule has 3 nitrogen and oxygen atoms in total. The number of aryl methyl sites for hydroxylation is 1. The summed E-state index contributed by atoms with van der Waals surface area (Å²) in [6, 6.07) is 11.9. The molecule has 0 radical (unpaired) electrons. The number of hydrogen-bond donors (Lipinski definition) is 0. The molecular formula is C20H20O3. The zero-order valence-corrected chi connectivity index (χ0v) is 13.8. The first kappa shape index (κ1) is 16.5. The summed E-state index contributed by atoms with van der Waals surface area (Å²) < 4.78 is 15.9. The first-order chi connectivity index (χ1) is 11.2. The van der Waals surface area contributed by atoms with Gasteiger partial charge in [0, 0.05) is 5.56 Å². The Morgan fingerprint density at radius 1 is 0.870 bits per heavy atom. The van der Waals surface area contributed by atoms with Gasteiger partial charge in [0.2, 0.25) is 5.75 Å². The smallest absolute Gasteiger partial charge is 0.203 e. The van der Waals surface area contributed by atoms with Gasteiger partial charge in [0.25, 0.3) is 0 Å². The van der Waals surface area contributed by atoms with Crippen LogP contribution in [0.3, 0.4) is 0 Å². The highest BCUT2D eigenvalue weighted by Crippen LogP contribution is 2.37. The predicted molar refractivity (Wildman–Crippen MR) is 93.2 cm³/mol. The third-order valence-corrected chi connectivity index (χ3v) is 3.32. The molecule has 0 aliphatic carbocycles. The highest BCUT2D eigenvalue weighted by atomic mass is 16.5. The highest BCUT2D eigenvalue weighted by Gasteiger charge is 2.11. The molecule has 0 amide bonds. The maximum Gasteiger partial charge on any atom is 0.203 e. The molecule has 0 aliphatic heterocycles. The Morgan fingerprint density at radius 2 is 1.48 bits per heavy atom. The quantitative estimate of drug-likeness (QED) is 0.796. The van der Waals surface area contributed by atoms with E-state index in [1.807, 2.05) is 24.3 Å². The Labute approximate surface area is 137 Å². The van der Waals surface area contributed by atoms with Gasteiger partial charge in [-0.25, -0.2) is 0 Å². The molecule has 2 aromatic rings. The lowest BCUT2D eigenvalue weighted by Crippen LogP contribution is -1.95. The topological polar surface area (TPSA) is 27.7 Å². The molecule has 23 heavy (non-hydrogen) atoms. The molecule has 0 aliphatic rings. The van der Waals surface area contributed by atoms with E-state index in [1.165, 1.54) is 5.56 Å². The predicted octanol–water partition coefficient (Wildman–Crippen LogP) is 4.09. The lowest BCUT2D eigenvalue weighted by molar-refractivity contribution is 0.324. The van der Waals surface area contributed by atoms with Gasteiger partial charge in [0.05, 0.1) is 21.3 Å². The van der Waals surface area contributed by atoms with Crippen molar-refractivity contribution in [2.24, 2.45) is 0 Å². The SMILES string of the molecule is COc1cc(C#C/C=C\c2ccc(C)cc2)cc(OC)c1OC. The molecular weight excluding hydrogens is 288 g/mol. The minimum Gasteiger partial charge on any atom is -0.493 e. The van der Waals surface area contributed by atoms with Crippen LogP contribution in [-0.4, -0.2) is 21.3 Å². The van der Waals surface area contributed by atoms with E-state index in [4.69, 9.17) is 14.2 Å². The van der Waals surface area contributed by atoms with Crippen molar-refractivity contribution in [1.29, 1.82) is 0 Å². The van der Waals surface area contributed by atoms with Gasteiger partial charge in [-0.2, -0.15) is 0 Å². The van der Waals surface area contributed by atoms with Gasteiger partial charge in [-0.3, -0.25) is 0 Å². The summed E-state index contributed by atoms with van der Waals surface area (Å²) in [6.45, 7) is 2.07. The van der Waals surface area contributed by atoms with Crippen LogP contribution >= 0.6 is 0 Å². The summed E-state index contributed by atoms with van der Waals surface area (Å²) in [6.07, 6.45) is 3.80. The summed E-state index contributed by atoms with van der Waals surface area (Å²) in [7, 11) is 4.76. The normalized spacial score (nSPS) is 10.1. The molecule has 2 aromatic carbocycles. The van der Waals surface area contributed by atoms with E-state index in [0.717, 1.165) is 11.1 Å². The molecule has 118 valence electrons. The van der Waals surface area contributed by atoms with Gasteiger partial charge >= 0.3 is 0 Å². The minimum absolute atomic E-state index is 0.566. The van der Waals surface area contributed by atoms with Crippen molar-refractivity contribution in [3.05, 3.63) is 59.2 Å². The van der Waals surface area contributed by atoms with Crippen molar-refractivity contribution in [2.45, 2.75) is 6.92 Å². The number of ether oxygens (including phenoxy) is 3. The van der Waals surface area contributed by atoms with Crippen LogP contribution in [0.1, 0.15) is 16.7 Å². The molecule has 0 fully saturated rings. The Kier molecular flexibility index (Phi) is 5.71. The largest absolute Gasteiger partial charge is 0.493 e. The second kappa shape index (κ2) is 7.95. The van der Waals surface area contributed by atoms with Crippen molar-refractivity contribution in [1.82, 2.24) is 0 Å². The van der Waals surface area contributed by atoms with Crippen molar-refractivity contribution >= 4 is 6.08 Å². The monoisotopic (exact) mass is 308 g/mol. The Hall–Kier alpha value is -2.86. The third-order valence-electron chi connectivity index (χ3n) is 3.32. The van der Waals surface area contributed by atoms with E-state index in [0.29, 0.717) is 17.2 Å². The maximum atomic E-state index is 5.32.